The number of rotatable bonds is 5. The van der Waals surface area contributed by atoms with E-state index < -0.39 is 9.84 Å². The molecule has 1 aliphatic heterocycles. The summed E-state index contributed by atoms with van der Waals surface area (Å²) >= 11 is 0. The highest BCUT2D eigenvalue weighted by atomic mass is 32.2. The summed E-state index contributed by atoms with van der Waals surface area (Å²) in [5.74, 6) is 0. The van der Waals surface area contributed by atoms with Gasteiger partial charge in [0, 0.05) is 32.7 Å². The Bertz CT molecular complexity index is 541. The molecule has 0 unspecified atom stereocenters. The van der Waals surface area contributed by atoms with Gasteiger partial charge in [0.1, 0.15) is 0 Å². The second kappa shape index (κ2) is 6.11. The van der Waals surface area contributed by atoms with Crippen LogP contribution >= 0.6 is 0 Å². The van der Waals surface area contributed by atoms with Gasteiger partial charge in [-0.1, -0.05) is 0 Å². The number of sulfone groups is 1. The van der Waals surface area contributed by atoms with Crippen LogP contribution in [0.1, 0.15) is 6.42 Å². The largest absolute Gasteiger partial charge is 0.383 e. The zero-order valence-electron chi connectivity index (χ0n) is 12.1. The lowest BCUT2D eigenvalue weighted by Gasteiger charge is -2.26. The first-order valence-electron chi connectivity index (χ1n) is 6.54. The zero-order chi connectivity index (χ0) is 14.8. The minimum absolute atomic E-state index is 0.185. The number of anilines is 1. The van der Waals surface area contributed by atoms with Gasteiger partial charge in [-0.25, -0.2) is 8.42 Å². The van der Waals surface area contributed by atoms with Crippen molar-refractivity contribution >= 4 is 15.5 Å². The van der Waals surface area contributed by atoms with Crippen LogP contribution in [0.3, 0.4) is 0 Å². The highest BCUT2D eigenvalue weighted by Crippen LogP contribution is 2.28. The van der Waals surface area contributed by atoms with Crippen molar-refractivity contribution in [3.8, 4) is 0 Å². The summed E-state index contributed by atoms with van der Waals surface area (Å²) in [5.41, 5.74) is 0.999. The van der Waals surface area contributed by atoms with Gasteiger partial charge >= 0.3 is 0 Å². The lowest BCUT2D eigenvalue weighted by Crippen LogP contribution is -2.33. The maximum atomic E-state index is 11.5. The molecule has 1 aromatic rings. The molecule has 20 heavy (non-hydrogen) atoms. The molecule has 0 aromatic heterocycles. The molecule has 0 N–H and O–H groups in total. The van der Waals surface area contributed by atoms with E-state index in [-0.39, 0.29) is 12.1 Å². The van der Waals surface area contributed by atoms with Gasteiger partial charge in [0.25, 0.3) is 0 Å². The number of hydrogen-bond donors (Lipinski definition) is 0. The van der Waals surface area contributed by atoms with E-state index >= 15 is 0 Å². The first-order valence-corrected chi connectivity index (χ1v) is 8.43. The van der Waals surface area contributed by atoms with Gasteiger partial charge < -0.3 is 14.4 Å². The Labute approximate surface area is 120 Å². The Morgan fingerprint density at radius 3 is 2.40 bits per heavy atom. The summed E-state index contributed by atoms with van der Waals surface area (Å²) < 4.78 is 33.6. The van der Waals surface area contributed by atoms with Crippen molar-refractivity contribution in [2.75, 3.05) is 38.5 Å². The SMILES string of the molecule is COC[C@@H]1C[C@H](OC)CN1c1ccc(S(C)(=O)=O)cc1. The summed E-state index contributed by atoms with van der Waals surface area (Å²) in [7, 11) is 0.248. The van der Waals surface area contributed by atoms with E-state index in [4.69, 9.17) is 9.47 Å². The average Bonchev–Trinajstić information content (AvgIpc) is 2.82. The number of nitrogens with zero attached hydrogens (tertiary/aromatic N) is 1. The van der Waals surface area contributed by atoms with Crippen LogP contribution < -0.4 is 4.90 Å². The van der Waals surface area contributed by atoms with Crippen LogP contribution in [0, 0.1) is 0 Å². The van der Waals surface area contributed by atoms with Crippen molar-refractivity contribution in [1.82, 2.24) is 0 Å². The Kier molecular flexibility index (Phi) is 4.67. The summed E-state index contributed by atoms with van der Waals surface area (Å²) in [6.45, 7) is 1.43. The molecule has 0 bridgehead atoms. The fourth-order valence-corrected chi connectivity index (χ4v) is 3.23. The van der Waals surface area contributed by atoms with Crippen LogP contribution in [-0.2, 0) is 19.3 Å². The van der Waals surface area contributed by atoms with Crippen LogP contribution in [0.5, 0.6) is 0 Å². The topological polar surface area (TPSA) is 55.8 Å². The minimum atomic E-state index is -3.15. The molecule has 0 aliphatic carbocycles. The summed E-state index contributed by atoms with van der Waals surface area (Å²) in [6, 6.07) is 7.24. The lowest BCUT2D eigenvalue weighted by molar-refractivity contribution is 0.111. The molecule has 1 heterocycles. The van der Waals surface area contributed by atoms with Crippen molar-refractivity contribution in [2.24, 2.45) is 0 Å². The molecule has 2 rings (SSSR count). The molecule has 5 nitrogen and oxygen atoms in total. The quantitative estimate of drug-likeness (QED) is 0.821. The van der Waals surface area contributed by atoms with E-state index in [1.54, 1.807) is 26.4 Å². The summed E-state index contributed by atoms with van der Waals surface area (Å²) in [5, 5.41) is 0. The first kappa shape index (κ1) is 15.3. The van der Waals surface area contributed by atoms with E-state index in [0.717, 1.165) is 18.7 Å². The van der Waals surface area contributed by atoms with Crippen molar-refractivity contribution in [3.63, 3.8) is 0 Å². The second-order valence-electron chi connectivity index (χ2n) is 5.12. The summed E-state index contributed by atoms with van der Waals surface area (Å²) in [4.78, 5) is 2.55. The van der Waals surface area contributed by atoms with Crippen LogP contribution in [0.15, 0.2) is 29.2 Å². The molecule has 112 valence electrons. The zero-order valence-corrected chi connectivity index (χ0v) is 12.9. The molecule has 0 saturated carbocycles. The molecule has 6 heteroatoms. The molecule has 0 radical (unpaired) electrons. The monoisotopic (exact) mass is 299 g/mol. The molecule has 0 amide bonds. The highest BCUT2D eigenvalue weighted by Gasteiger charge is 2.32. The van der Waals surface area contributed by atoms with Gasteiger partial charge in [-0.3, -0.25) is 0 Å². The van der Waals surface area contributed by atoms with Crippen molar-refractivity contribution in [2.45, 2.75) is 23.5 Å². The van der Waals surface area contributed by atoms with Gasteiger partial charge in [-0.15, -0.1) is 0 Å². The van der Waals surface area contributed by atoms with Crippen molar-refractivity contribution in [3.05, 3.63) is 24.3 Å². The molecule has 2 atom stereocenters. The van der Waals surface area contributed by atoms with Crippen molar-refractivity contribution < 1.29 is 17.9 Å². The maximum Gasteiger partial charge on any atom is 0.175 e. The van der Waals surface area contributed by atoms with Crippen LogP contribution in [0.25, 0.3) is 0 Å². The molecule has 0 spiro atoms. The molecule has 1 fully saturated rings. The number of benzene rings is 1. The fourth-order valence-electron chi connectivity index (χ4n) is 2.60. The standard InChI is InChI=1S/C14H21NO4S/c1-18-10-12-8-13(19-2)9-15(12)11-4-6-14(7-5-11)20(3,16)17/h4-7,12-13H,8-10H2,1-3H3/t12-,13-/m0/s1. The van der Waals surface area contributed by atoms with E-state index in [2.05, 4.69) is 4.90 Å². The molecular formula is C14H21NO4S. The normalized spacial score (nSPS) is 23.2. The van der Waals surface area contributed by atoms with Crippen LogP contribution in [0.2, 0.25) is 0 Å². The van der Waals surface area contributed by atoms with Gasteiger partial charge in [0.05, 0.1) is 23.6 Å². The Morgan fingerprint density at radius 1 is 1.25 bits per heavy atom. The van der Waals surface area contributed by atoms with Gasteiger partial charge in [-0.2, -0.15) is 0 Å². The lowest BCUT2D eigenvalue weighted by atomic mass is 10.2. The van der Waals surface area contributed by atoms with Crippen molar-refractivity contribution in [1.29, 1.82) is 0 Å². The van der Waals surface area contributed by atoms with Crippen LogP contribution in [-0.4, -0.2) is 54.2 Å². The molecule has 1 aliphatic rings. The number of hydrogen-bond acceptors (Lipinski definition) is 5. The molecule has 1 saturated heterocycles. The smallest absolute Gasteiger partial charge is 0.175 e. The molecular weight excluding hydrogens is 278 g/mol. The first-order chi connectivity index (χ1) is 9.45. The predicted molar refractivity (Wildman–Crippen MR) is 78.0 cm³/mol. The third kappa shape index (κ3) is 3.31. The van der Waals surface area contributed by atoms with Gasteiger partial charge in [-0.05, 0) is 30.7 Å². The minimum Gasteiger partial charge on any atom is -0.383 e. The Balaban J connectivity index is 2.21. The van der Waals surface area contributed by atoms with E-state index in [0.29, 0.717) is 11.5 Å². The van der Waals surface area contributed by atoms with Crippen LogP contribution in [0.4, 0.5) is 5.69 Å². The van der Waals surface area contributed by atoms with Gasteiger partial charge in [0.15, 0.2) is 9.84 Å². The average molecular weight is 299 g/mol. The number of methoxy groups -OCH3 is 2. The second-order valence-corrected chi connectivity index (χ2v) is 7.14. The maximum absolute atomic E-state index is 11.5. The molecule has 1 aromatic carbocycles. The fraction of sp³-hybridized carbons (Fsp3) is 0.571. The third-order valence-corrected chi connectivity index (χ3v) is 4.79. The number of ether oxygens (including phenoxy) is 2. The Morgan fingerprint density at radius 2 is 1.90 bits per heavy atom. The third-order valence-electron chi connectivity index (χ3n) is 3.66. The van der Waals surface area contributed by atoms with E-state index in [9.17, 15) is 8.42 Å². The highest BCUT2D eigenvalue weighted by molar-refractivity contribution is 7.90. The Hall–Kier alpha value is -1.11. The predicted octanol–water partition coefficient (Wildman–Crippen LogP) is 1.33. The van der Waals surface area contributed by atoms with E-state index in [1.165, 1.54) is 6.26 Å². The van der Waals surface area contributed by atoms with E-state index in [1.807, 2.05) is 12.1 Å². The van der Waals surface area contributed by atoms with Gasteiger partial charge in [0.2, 0.25) is 0 Å². The summed E-state index contributed by atoms with van der Waals surface area (Å²) in [6.07, 6.45) is 2.31.